The summed E-state index contributed by atoms with van der Waals surface area (Å²) in [5, 5.41) is 3.46. The van der Waals surface area contributed by atoms with E-state index in [1.54, 1.807) is 0 Å². The summed E-state index contributed by atoms with van der Waals surface area (Å²) in [6.45, 7) is 4.21. The first-order valence-electron chi connectivity index (χ1n) is 5.54. The molecular weight excluding hydrogens is 182 g/mol. The van der Waals surface area contributed by atoms with Gasteiger partial charge in [-0.05, 0) is 35.6 Å². The lowest BCUT2D eigenvalue weighted by atomic mass is 9.89. The first-order valence-corrected chi connectivity index (χ1v) is 5.54. The van der Waals surface area contributed by atoms with Crippen LogP contribution in [0.15, 0.2) is 30.4 Å². The minimum absolute atomic E-state index is 1.01. The lowest BCUT2D eigenvalue weighted by Gasteiger charge is -2.23. The number of benzene rings is 1. The van der Waals surface area contributed by atoms with Gasteiger partial charge in [-0.25, -0.2) is 0 Å². The summed E-state index contributed by atoms with van der Waals surface area (Å²) >= 11 is 0. The van der Waals surface area contributed by atoms with Crippen molar-refractivity contribution in [1.82, 2.24) is 5.32 Å². The van der Waals surface area contributed by atoms with E-state index >= 15 is 0 Å². The number of hydrogen-bond acceptors (Lipinski definition) is 1. The highest BCUT2D eigenvalue weighted by molar-refractivity contribution is 5.76. The van der Waals surface area contributed by atoms with E-state index < -0.39 is 0 Å². The van der Waals surface area contributed by atoms with Crippen LogP contribution in [0.25, 0.3) is 5.57 Å². The molecule has 1 aliphatic carbocycles. The normalized spacial score (nSPS) is 18.1. The van der Waals surface area contributed by atoms with E-state index in [2.05, 4.69) is 42.6 Å². The molecular formula is C14H15N. The third-order valence-electron chi connectivity index (χ3n) is 3.17. The van der Waals surface area contributed by atoms with Crippen LogP contribution in [0, 0.1) is 6.92 Å². The fourth-order valence-electron chi connectivity index (χ4n) is 2.60. The minimum atomic E-state index is 1.01. The van der Waals surface area contributed by atoms with Crippen molar-refractivity contribution in [2.24, 2.45) is 0 Å². The van der Waals surface area contributed by atoms with E-state index in [9.17, 15) is 0 Å². The Kier molecular flexibility index (Phi) is 2.00. The first kappa shape index (κ1) is 8.93. The van der Waals surface area contributed by atoms with E-state index in [1.165, 1.54) is 27.8 Å². The van der Waals surface area contributed by atoms with Crippen molar-refractivity contribution in [3.05, 3.63) is 52.6 Å². The van der Waals surface area contributed by atoms with Gasteiger partial charge in [0, 0.05) is 13.1 Å². The molecule has 76 valence electrons. The lowest BCUT2D eigenvalue weighted by molar-refractivity contribution is 0.740. The zero-order valence-corrected chi connectivity index (χ0v) is 9.01. The van der Waals surface area contributed by atoms with Crippen LogP contribution in [0.1, 0.15) is 22.3 Å². The third-order valence-corrected chi connectivity index (χ3v) is 3.17. The van der Waals surface area contributed by atoms with Gasteiger partial charge in [-0.1, -0.05) is 35.9 Å². The van der Waals surface area contributed by atoms with Crippen LogP contribution in [-0.4, -0.2) is 6.54 Å². The summed E-state index contributed by atoms with van der Waals surface area (Å²) < 4.78 is 0. The molecule has 1 aliphatic heterocycles. The highest BCUT2D eigenvalue weighted by atomic mass is 14.9. The molecule has 3 rings (SSSR count). The zero-order chi connectivity index (χ0) is 10.3. The molecule has 0 unspecified atom stereocenters. The molecule has 15 heavy (non-hydrogen) atoms. The van der Waals surface area contributed by atoms with Gasteiger partial charge in [0.2, 0.25) is 0 Å². The van der Waals surface area contributed by atoms with Crippen LogP contribution in [0.4, 0.5) is 0 Å². The van der Waals surface area contributed by atoms with Gasteiger partial charge in [-0.15, -0.1) is 0 Å². The lowest BCUT2D eigenvalue weighted by Crippen LogP contribution is -2.23. The first-order chi connectivity index (χ1) is 7.34. The Morgan fingerprint density at radius 2 is 2.00 bits per heavy atom. The molecule has 1 aromatic carbocycles. The van der Waals surface area contributed by atoms with Gasteiger partial charge in [-0.3, -0.25) is 0 Å². The largest absolute Gasteiger partial charge is 0.309 e. The second-order valence-corrected chi connectivity index (χ2v) is 4.39. The van der Waals surface area contributed by atoms with E-state index in [-0.39, 0.29) is 0 Å². The van der Waals surface area contributed by atoms with Gasteiger partial charge >= 0.3 is 0 Å². The van der Waals surface area contributed by atoms with Gasteiger partial charge in [0.05, 0.1) is 0 Å². The maximum atomic E-state index is 3.46. The van der Waals surface area contributed by atoms with E-state index in [1.807, 2.05) is 0 Å². The Morgan fingerprint density at radius 1 is 1.13 bits per heavy atom. The summed E-state index contributed by atoms with van der Waals surface area (Å²) in [4.78, 5) is 0. The fourth-order valence-corrected chi connectivity index (χ4v) is 2.60. The maximum Gasteiger partial charge on any atom is 0.0214 e. The van der Waals surface area contributed by atoms with Crippen LogP contribution in [0.3, 0.4) is 0 Å². The molecule has 0 fully saturated rings. The molecule has 0 bridgehead atoms. The number of aryl methyl sites for hydroxylation is 1. The smallest absolute Gasteiger partial charge is 0.0214 e. The Morgan fingerprint density at radius 3 is 2.93 bits per heavy atom. The zero-order valence-electron chi connectivity index (χ0n) is 9.01. The molecule has 1 N–H and O–H groups in total. The van der Waals surface area contributed by atoms with Gasteiger partial charge in [0.1, 0.15) is 0 Å². The number of hydrogen-bond donors (Lipinski definition) is 1. The number of nitrogens with one attached hydrogen (secondary N) is 1. The molecule has 1 heterocycles. The molecule has 0 spiro atoms. The molecule has 0 saturated heterocycles. The van der Waals surface area contributed by atoms with Crippen LogP contribution in [0.2, 0.25) is 0 Å². The fraction of sp³-hybridized carbons (Fsp3) is 0.286. The Hall–Kier alpha value is -1.34. The minimum Gasteiger partial charge on any atom is -0.309 e. The maximum absolute atomic E-state index is 3.46. The SMILES string of the molecule is Cc1cc2c3c(c1)CNCC3=CC=CC2. The second kappa shape index (κ2) is 3.35. The standard InChI is InChI=1S/C14H15N/c1-10-6-11-4-2-3-5-12-8-15-9-13(7-10)14(11)12/h2-3,5-7,15H,4,8-9H2,1H3. The Bertz CT molecular complexity index is 466. The molecule has 2 aliphatic rings. The van der Waals surface area contributed by atoms with Crippen molar-refractivity contribution >= 4 is 5.57 Å². The molecule has 1 nitrogen and oxygen atoms in total. The summed E-state index contributed by atoms with van der Waals surface area (Å²) in [5.74, 6) is 0. The van der Waals surface area contributed by atoms with E-state index in [0.717, 1.165) is 19.5 Å². The topological polar surface area (TPSA) is 12.0 Å². The Balaban J connectivity index is 2.29. The number of rotatable bonds is 0. The van der Waals surface area contributed by atoms with Crippen LogP contribution in [0.5, 0.6) is 0 Å². The highest BCUT2D eigenvalue weighted by Crippen LogP contribution is 2.30. The van der Waals surface area contributed by atoms with Crippen LogP contribution in [-0.2, 0) is 13.0 Å². The van der Waals surface area contributed by atoms with Crippen molar-refractivity contribution < 1.29 is 0 Å². The van der Waals surface area contributed by atoms with E-state index in [0.29, 0.717) is 0 Å². The average molecular weight is 197 g/mol. The second-order valence-electron chi connectivity index (χ2n) is 4.39. The van der Waals surface area contributed by atoms with Crippen LogP contribution >= 0.6 is 0 Å². The molecule has 1 heteroatoms. The monoisotopic (exact) mass is 197 g/mol. The molecule has 0 atom stereocenters. The quantitative estimate of drug-likeness (QED) is 0.674. The molecule has 0 amide bonds. The molecule has 0 aromatic heterocycles. The summed E-state index contributed by atoms with van der Waals surface area (Å²) in [5.41, 5.74) is 7.28. The van der Waals surface area contributed by atoms with Crippen molar-refractivity contribution in [3.8, 4) is 0 Å². The van der Waals surface area contributed by atoms with Gasteiger partial charge in [0.25, 0.3) is 0 Å². The predicted molar refractivity (Wildman–Crippen MR) is 63.7 cm³/mol. The van der Waals surface area contributed by atoms with E-state index in [4.69, 9.17) is 0 Å². The van der Waals surface area contributed by atoms with Crippen LogP contribution < -0.4 is 5.32 Å². The molecule has 0 radical (unpaired) electrons. The van der Waals surface area contributed by atoms with Crippen molar-refractivity contribution in [3.63, 3.8) is 0 Å². The highest BCUT2D eigenvalue weighted by Gasteiger charge is 2.17. The summed E-state index contributed by atoms with van der Waals surface area (Å²) in [7, 11) is 0. The summed E-state index contributed by atoms with van der Waals surface area (Å²) in [6, 6.07) is 4.64. The average Bonchev–Trinajstić information content (AvgIpc) is 2.42. The summed E-state index contributed by atoms with van der Waals surface area (Å²) in [6.07, 6.45) is 7.75. The van der Waals surface area contributed by atoms with Crippen molar-refractivity contribution in [1.29, 1.82) is 0 Å². The molecule has 1 aromatic rings. The van der Waals surface area contributed by atoms with Gasteiger partial charge < -0.3 is 5.32 Å². The van der Waals surface area contributed by atoms with Gasteiger partial charge in [0.15, 0.2) is 0 Å². The van der Waals surface area contributed by atoms with Crippen molar-refractivity contribution in [2.75, 3.05) is 6.54 Å². The molecule has 0 saturated carbocycles. The Labute approximate surface area is 90.5 Å². The number of allylic oxidation sites excluding steroid dienone is 3. The third kappa shape index (κ3) is 1.44. The van der Waals surface area contributed by atoms with Crippen molar-refractivity contribution in [2.45, 2.75) is 19.9 Å². The van der Waals surface area contributed by atoms with Gasteiger partial charge in [-0.2, -0.15) is 0 Å². The predicted octanol–water partition coefficient (Wildman–Crippen LogP) is 2.59.